The number of hydrogen-bond donors (Lipinski definition) is 1. The second kappa shape index (κ2) is 8.88. The summed E-state index contributed by atoms with van der Waals surface area (Å²) < 4.78 is 14.4. The molecule has 0 atom stereocenters. The molecule has 0 bridgehead atoms. The van der Waals surface area contributed by atoms with E-state index in [0.29, 0.717) is 50.3 Å². The summed E-state index contributed by atoms with van der Waals surface area (Å²) in [4.78, 5) is 54.3. The largest absolute Gasteiger partial charge is 0.366 e. The Kier molecular flexibility index (Phi) is 6.17. The number of nitrogens with one attached hydrogen (secondary N) is 1. The molecule has 0 aromatic heterocycles. The fraction of sp³-hybridized carbons (Fsp3) is 0.565. The van der Waals surface area contributed by atoms with Crippen molar-refractivity contribution >= 4 is 29.3 Å². The zero-order valence-corrected chi connectivity index (χ0v) is 18.4. The number of amides is 4. The van der Waals surface area contributed by atoms with Crippen LogP contribution in [0.3, 0.4) is 0 Å². The van der Waals surface area contributed by atoms with Crippen molar-refractivity contribution in [2.24, 2.45) is 0 Å². The van der Waals surface area contributed by atoms with Crippen LogP contribution in [-0.2, 0) is 9.59 Å². The summed E-state index contributed by atoms with van der Waals surface area (Å²) in [6, 6.07) is 3.93. The highest BCUT2D eigenvalue weighted by atomic mass is 19.1. The summed E-state index contributed by atoms with van der Waals surface area (Å²) in [5.74, 6) is -1.24. The Balaban J connectivity index is 1.35. The molecule has 9 heteroatoms. The number of rotatable bonds is 4. The van der Waals surface area contributed by atoms with Crippen LogP contribution in [0.5, 0.6) is 0 Å². The Labute approximate surface area is 186 Å². The Morgan fingerprint density at radius 2 is 1.69 bits per heavy atom. The molecule has 3 aliphatic rings. The third kappa shape index (κ3) is 4.20. The Morgan fingerprint density at radius 1 is 1.03 bits per heavy atom. The maximum Gasteiger partial charge on any atom is 0.325 e. The van der Waals surface area contributed by atoms with Crippen molar-refractivity contribution in [3.8, 4) is 0 Å². The first kappa shape index (κ1) is 22.2. The van der Waals surface area contributed by atoms with E-state index in [9.17, 15) is 23.6 Å². The van der Waals surface area contributed by atoms with Gasteiger partial charge in [-0.1, -0.05) is 25.7 Å². The smallest absolute Gasteiger partial charge is 0.325 e. The van der Waals surface area contributed by atoms with E-state index in [2.05, 4.69) is 5.32 Å². The van der Waals surface area contributed by atoms with Gasteiger partial charge in [-0.15, -0.1) is 0 Å². The number of hydrogen-bond acceptors (Lipinski definition) is 5. The predicted molar refractivity (Wildman–Crippen MR) is 116 cm³/mol. The highest BCUT2D eigenvalue weighted by Gasteiger charge is 2.51. The molecule has 4 amide bonds. The number of halogens is 1. The van der Waals surface area contributed by atoms with E-state index < -0.39 is 17.4 Å². The van der Waals surface area contributed by atoms with Gasteiger partial charge in [-0.3, -0.25) is 19.3 Å². The standard InChI is InChI=1S/C23H29FN4O4/c1-16(29)17-6-7-19(18(24)14-17)26-10-12-27(13-11-26)20(30)15-28-21(31)23(25-22(28)32)8-4-2-3-5-9-23/h6-7,14H,2-5,8-13,15H2,1H3,(H,25,32). The lowest BCUT2D eigenvalue weighted by atomic mass is 9.90. The molecule has 2 aliphatic heterocycles. The van der Waals surface area contributed by atoms with Gasteiger partial charge in [0.15, 0.2) is 5.78 Å². The minimum Gasteiger partial charge on any atom is -0.366 e. The van der Waals surface area contributed by atoms with Crippen LogP contribution in [0.1, 0.15) is 55.8 Å². The molecular formula is C23H29FN4O4. The molecule has 1 aliphatic carbocycles. The number of Topliss-reactive ketones (excluding diaryl/α,β-unsaturated/α-hetero) is 1. The van der Waals surface area contributed by atoms with E-state index in [1.807, 2.05) is 4.90 Å². The van der Waals surface area contributed by atoms with Crippen molar-refractivity contribution < 1.29 is 23.6 Å². The average molecular weight is 445 g/mol. The third-order valence-corrected chi connectivity index (χ3v) is 6.82. The van der Waals surface area contributed by atoms with Crippen molar-refractivity contribution in [2.45, 2.75) is 51.0 Å². The molecule has 1 N–H and O–H groups in total. The first-order valence-electron chi connectivity index (χ1n) is 11.3. The SMILES string of the molecule is CC(=O)c1ccc(N2CCN(C(=O)CN3C(=O)NC4(CCCCCC4)C3=O)CC2)c(F)c1. The van der Waals surface area contributed by atoms with E-state index in [0.717, 1.165) is 30.6 Å². The van der Waals surface area contributed by atoms with E-state index in [1.165, 1.54) is 13.0 Å². The van der Waals surface area contributed by atoms with E-state index >= 15 is 0 Å². The molecule has 2 heterocycles. The van der Waals surface area contributed by atoms with Crippen LogP contribution < -0.4 is 10.2 Å². The van der Waals surface area contributed by atoms with Crippen LogP contribution in [0, 0.1) is 5.82 Å². The summed E-state index contributed by atoms with van der Waals surface area (Å²) in [5.41, 5.74) is -0.137. The molecule has 8 nitrogen and oxygen atoms in total. The topological polar surface area (TPSA) is 90.0 Å². The van der Waals surface area contributed by atoms with Crippen LogP contribution in [0.4, 0.5) is 14.9 Å². The molecule has 1 saturated carbocycles. The number of imide groups is 1. The number of ketones is 1. The van der Waals surface area contributed by atoms with Gasteiger partial charge in [0, 0.05) is 31.7 Å². The summed E-state index contributed by atoms with van der Waals surface area (Å²) in [6.07, 6.45) is 5.11. The van der Waals surface area contributed by atoms with Gasteiger partial charge in [-0.05, 0) is 38.0 Å². The van der Waals surface area contributed by atoms with Crippen LogP contribution in [0.2, 0.25) is 0 Å². The van der Waals surface area contributed by atoms with Gasteiger partial charge in [-0.2, -0.15) is 0 Å². The molecule has 0 unspecified atom stereocenters. The Morgan fingerprint density at radius 3 is 2.28 bits per heavy atom. The molecule has 2 saturated heterocycles. The fourth-order valence-corrected chi connectivity index (χ4v) is 4.91. The molecule has 1 spiro atoms. The Bertz CT molecular complexity index is 934. The quantitative estimate of drug-likeness (QED) is 0.569. The Hall–Kier alpha value is -2.97. The molecule has 1 aromatic carbocycles. The van der Waals surface area contributed by atoms with Crippen LogP contribution >= 0.6 is 0 Å². The zero-order chi connectivity index (χ0) is 22.9. The highest BCUT2D eigenvalue weighted by Crippen LogP contribution is 2.32. The number of anilines is 1. The van der Waals surface area contributed by atoms with Gasteiger partial charge in [0.1, 0.15) is 17.9 Å². The lowest BCUT2D eigenvalue weighted by Gasteiger charge is -2.36. The van der Waals surface area contributed by atoms with Gasteiger partial charge in [0.05, 0.1) is 5.69 Å². The fourth-order valence-electron chi connectivity index (χ4n) is 4.91. The highest BCUT2D eigenvalue weighted by molar-refractivity contribution is 6.09. The number of urea groups is 1. The molecule has 172 valence electrons. The van der Waals surface area contributed by atoms with Gasteiger partial charge in [0.2, 0.25) is 5.91 Å². The monoisotopic (exact) mass is 444 g/mol. The van der Waals surface area contributed by atoms with Crippen LogP contribution in [0.15, 0.2) is 18.2 Å². The molecule has 32 heavy (non-hydrogen) atoms. The summed E-state index contributed by atoms with van der Waals surface area (Å²) in [6.45, 7) is 2.69. The van der Waals surface area contributed by atoms with Crippen molar-refractivity contribution in [3.05, 3.63) is 29.6 Å². The summed E-state index contributed by atoms with van der Waals surface area (Å²) >= 11 is 0. The molecular weight excluding hydrogens is 415 g/mol. The number of benzene rings is 1. The minimum absolute atomic E-state index is 0.197. The second-order valence-electron chi connectivity index (χ2n) is 8.91. The van der Waals surface area contributed by atoms with Gasteiger partial charge in [-0.25, -0.2) is 9.18 Å². The van der Waals surface area contributed by atoms with Gasteiger partial charge >= 0.3 is 6.03 Å². The minimum atomic E-state index is -0.851. The van der Waals surface area contributed by atoms with Crippen molar-refractivity contribution in [3.63, 3.8) is 0 Å². The molecule has 3 fully saturated rings. The number of piperazine rings is 1. The zero-order valence-electron chi connectivity index (χ0n) is 18.4. The lowest BCUT2D eigenvalue weighted by molar-refractivity contribution is -0.139. The molecule has 4 rings (SSSR count). The average Bonchev–Trinajstić information content (AvgIpc) is 2.93. The second-order valence-corrected chi connectivity index (χ2v) is 8.91. The molecule has 0 radical (unpaired) electrons. The first-order valence-corrected chi connectivity index (χ1v) is 11.3. The summed E-state index contributed by atoms with van der Waals surface area (Å²) in [5, 5.41) is 2.86. The number of carbonyl (C=O) groups is 4. The maximum atomic E-state index is 14.4. The number of nitrogens with zero attached hydrogens (tertiary/aromatic N) is 3. The van der Waals surface area contributed by atoms with Crippen molar-refractivity contribution in [1.82, 2.24) is 15.1 Å². The normalized spacial score (nSPS) is 21.0. The van der Waals surface area contributed by atoms with Crippen molar-refractivity contribution in [2.75, 3.05) is 37.6 Å². The summed E-state index contributed by atoms with van der Waals surface area (Å²) in [7, 11) is 0. The predicted octanol–water partition coefficient (Wildman–Crippen LogP) is 2.32. The van der Waals surface area contributed by atoms with E-state index in [-0.39, 0.29) is 24.1 Å². The van der Waals surface area contributed by atoms with E-state index in [4.69, 9.17) is 0 Å². The lowest BCUT2D eigenvalue weighted by Crippen LogP contribution is -2.52. The van der Waals surface area contributed by atoms with Crippen molar-refractivity contribution in [1.29, 1.82) is 0 Å². The van der Waals surface area contributed by atoms with Gasteiger partial charge in [0.25, 0.3) is 5.91 Å². The van der Waals surface area contributed by atoms with Gasteiger partial charge < -0.3 is 15.1 Å². The molecule has 1 aromatic rings. The van der Waals surface area contributed by atoms with E-state index in [1.54, 1.807) is 17.0 Å². The number of carbonyl (C=O) groups excluding carboxylic acids is 4. The third-order valence-electron chi connectivity index (χ3n) is 6.82. The van der Waals surface area contributed by atoms with Crippen LogP contribution in [-0.4, -0.2) is 71.7 Å². The van der Waals surface area contributed by atoms with Crippen LogP contribution in [0.25, 0.3) is 0 Å². The first-order chi connectivity index (χ1) is 15.3. The maximum absolute atomic E-state index is 14.4.